The fourth-order valence-electron chi connectivity index (χ4n) is 3.20. The molecule has 2 rings (SSSR count). The standard InChI is InChI=1S/C17H28N2O2/c1-4-15(18)17(13-6-5-7-14(10-13)21-3)19-9-8-16(20)12(2)11-19/h5-7,10,12,15-17,20H,4,8-9,11,18H2,1-3H3. The van der Waals surface area contributed by atoms with Gasteiger partial charge in [0.25, 0.3) is 0 Å². The summed E-state index contributed by atoms with van der Waals surface area (Å²) in [4.78, 5) is 2.42. The molecule has 1 aliphatic heterocycles. The summed E-state index contributed by atoms with van der Waals surface area (Å²) in [5, 5.41) is 9.95. The summed E-state index contributed by atoms with van der Waals surface area (Å²) in [5.74, 6) is 1.15. The van der Waals surface area contributed by atoms with E-state index in [0.29, 0.717) is 0 Å². The third-order valence-corrected chi connectivity index (χ3v) is 4.60. The maximum Gasteiger partial charge on any atom is 0.119 e. The number of nitrogens with two attached hydrogens (primary N) is 1. The number of methoxy groups -OCH3 is 1. The number of piperidine rings is 1. The fraction of sp³-hybridized carbons (Fsp3) is 0.647. The lowest BCUT2D eigenvalue weighted by atomic mass is 9.90. The second kappa shape index (κ2) is 7.25. The van der Waals surface area contributed by atoms with E-state index < -0.39 is 0 Å². The predicted octanol–water partition coefficient (Wildman–Crippen LogP) is 2.18. The Kier molecular flexibility index (Phi) is 5.62. The number of ether oxygens (including phenoxy) is 1. The lowest BCUT2D eigenvalue weighted by molar-refractivity contribution is 0.0112. The minimum absolute atomic E-state index is 0.0829. The van der Waals surface area contributed by atoms with E-state index in [1.807, 2.05) is 12.1 Å². The Morgan fingerprint density at radius 2 is 2.24 bits per heavy atom. The van der Waals surface area contributed by atoms with Crippen molar-refractivity contribution in [3.8, 4) is 5.75 Å². The molecule has 4 nitrogen and oxygen atoms in total. The minimum atomic E-state index is -0.190. The Morgan fingerprint density at radius 1 is 1.48 bits per heavy atom. The van der Waals surface area contributed by atoms with Crippen LogP contribution in [0.2, 0.25) is 0 Å². The molecule has 4 unspecified atom stereocenters. The van der Waals surface area contributed by atoms with Crippen molar-refractivity contribution in [2.45, 2.75) is 44.9 Å². The maximum atomic E-state index is 9.95. The van der Waals surface area contributed by atoms with Crippen LogP contribution in [-0.4, -0.2) is 42.4 Å². The molecule has 1 aliphatic rings. The Morgan fingerprint density at radius 3 is 2.86 bits per heavy atom. The highest BCUT2D eigenvalue weighted by Crippen LogP contribution is 2.31. The van der Waals surface area contributed by atoms with Crippen molar-refractivity contribution in [2.75, 3.05) is 20.2 Å². The van der Waals surface area contributed by atoms with E-state index in [-0.39, 0.29) is 24.1 Å². The molecule has 0 amide bonds. The Bertz CT molecular complexity index is 452. The second-order valence-corrected chi connectivity index (χ2v) is 6.12. The Balaban J connectivity index is 2.25. The van der Waals surface area contributed by atoms with Crippen molar-refractivity contribution in [1.82, 2.24) is 4.90 Å². The average Bonchev–Trinajstić information content (AvgIpc) is 2.51. The molecule has 21 heavy (non-hydrogen) atoms. The van der Waals surface area contributed by atoms with Crippen LogP contribution >= 0.6 is 0 Å². The van der Waals surface area contributed by atoms with Gasteiger partial charge >= 0.3 is 0 Å². The van der Waals surface area contributed by atoms with Gasteiger partial charge in [0.1, 0.15) is 5.75 Å². The van der Waals surface area contributed by atoms with Crippen LogP contribution < -0.4 is 10.5 Å². The van der Waals surface area contributed by atoms with Crippen molar-refractivity contribution in [3.63, 3.8) is 0 Å². The first kappa shape index (κ1) is 16.3. The van der Waals surface area contributed by atoms with Crippen LogP contribution in [0.3, 0.4) is 0 Å². The fourth-order valence-corrected chi connectivity index (χ4v) is 3.20. The van der Waals surface area contributed by atoms with Gasteiger partial charge in [-0.2, -0.15) is 0 Å². The monoisotopic (exact) mass is 292 g/mol. The molecule has 3 N–H and O–H groups in total. The molecule has 0 bridgehead atoms. The quantitative estimate of drug-likeness (QED) is 0.873. The first-order valence-electron chi connectivity index (χ1n) is 7.88. The molecule has 118 valence electrons. The van der Waals surface area contributed by atoms with Gasteiger partial charge in [0, 0.05) is 19.1 Å². The molecule has 0 aliphatic carbocycles. The molecule has 4 atom stereocenters. The second-order valence-electron chi connectivity index (χ2n) is 6.12. The summed E-state index contributed by atoms with van der Waals surface area (Å²) in [6.07, 6.45) is 1.55. The summed E-state index contributed by atoms with van der Waals surface area (Å²) in [5.41, 5.74) is 7.61. The number of benzene rings is 1. The summed E-state index contributed by atoms with van der Waals surface area (Å²) in [6, 6.07) is 8.44. The molecule has 1 heterocycles. The van der Waals surface area contributed by atoms with Gasteiger partial charge in [-0.15, -0.1) is 0 Å². The number of nitrogens with zero attached hydrogens (tertiary/aromatic N) is 1. The number of aliphatic hydroxyl groups is 1. The molecule has 0 aromatic heterocycles. The van der Waals surface area contributed by atoms with E-state index in [0.717, 1.165) is 31.7 Å². The van der Waals surface area contributed by atoms with Gasteiger partial charge in [-0.3, -0.25) is 4.90 Å². The molecule has 4 heteroatoms. The first-order chi connectivity index (χ1) is 10.1. The summed E-state index contributed by atoms with van der Waals surface area (Å²) >= 11 is 0. The molecular formula is C17H28N2O2. The Hall–Kier alpha value is -1.10. The van der Waals surface area contributed by atoms with E-state index in [1.54, 1.807) is 7.11 Å². The van der Waals surface area contributed by atoms with E-state index in [2.05, 4.69) is 30.9 Å². The maximum absolute atomic E-state index is 9.95. The topological polar surface area (TPSA) is 58.7 Å². The van der Waals surface area contributed by atoms with Crippen LogP contribution in [0.1, 0.15) is 38.3 Å². The van der Waals surface area contributed by atoms with Crippen molar-refractivity contribution in [1.29, 1.82) is 0 Å². The minimum Gasteiger partial charge on any atom is -0.497 e. The van der Waals surface area contributed by atoms with Gasteiger partial charge in [-0.05, 0) is 36.5 Å². The van der Waals surface area contributed by atoms with Crippen molar-refractivity contribution < 1.29 is 9.84 Å². The van der Waals surface area contributed by atoms with Crippen LogP contribution in [0.15, 0.2) is 24.3 Å². The van der Waals surface area contributed by atoms with Crippen molar-refractivity contribution in [2.24, 2.45) is 11.7 Å². The number of likely N-dealkylation sites (tertiary alicyclic amines) is 1. The smallest absolute Gasteiger partial charge is 0.119 e. The van der Waals surface area contributed by atoms with E-state index in [1.165, 1.54) is 5.56 Å². The van der Waals surface area contributed by atoms with Crippen LogP contribution in [0.5, 0.6) is 5.75 Å². The lowest BCUT2D eigenvalue weighted by Gasteiger charge is -2.42. The van der Waals surface area contributed by atoms with Crippen LogP contribution in [0, 0.1) is 5.92 Å². The molecule has 1 fully saturated rings. The Labute approximate surface area is 127 Å². The van der Waals surface area contributed by atoms with Crippen LogP contribution in [0.4, 0.5) is 0 Å². The van der Waals surface area contributed by atoms with Gasteiger partial charge in [0.15, 0.2) is 0 Å². The van der Waals surface area contributed by atoms with E-state index in [4.69, 9.17) is 10.5 Å². The summed E-state index contributed by atoms with van der Waals surface area (Å²) in [7, 11) is 1.69. The van der Waals surface area contributed by atoms with Gasteiger partial charge < -0.3 is 15.6 Å². The molecule has 0 saturated carbocycles. The third kappa shape index (κ3) is 3.76. The van der Waals surface area contributed by atoms with E-state index >= 15 is 0 Å². The average molecular weight is 292 g/mol. The third-order valence-electron chi connectivity index (χ3n) is 4.60. The molecule has 1 aromatic rings. The van der Waals surface area contributed by atoms with Gasteiger partial charge in [-0.25, -0.2) is 0 Å². The van der Waals surface area contributed by atoms with Gasteiger partial charge in [0.2, 0.25) is 0 Å². The van der Waals surface area contributed by atoms with E-state index in [9.17, 15) is 5.11 Å². The van der Waals surface area contributed by atoms with Crippen LogP contribution in [0.25, 0.3) is 0 Å². The highest BCUT2D eigenvalue weighted by Gasteiger charge is 2.32. The highest BCUT2D eigenvalue weighted by atomic mass is 16.5. The molecule has 1 saturated heterocycles. The zero-order valence-corrected chi connectivity index (χ0v) is 13.3. The predicted molar refractivity (Wildman–Crippen MR) is 85.4 cm³/mol. The SMILES string of the molecule is CCC(N)C(c1cccc(OC)c1)N1CCC(O)C(C)C1. The number of aliphatic hydroxyl groups excluding tert-OH is 1. The van der Waals surface area contributed by atoms with Crippen LogP contribution in [-0.2, 0) is 0 Å². The van der Waals surface area contributed by atoms with Crippen molar-refractivity contribution in [3.05, 3.63) is 29.8 Å². The summed E-state index contributed by atoms with van der Waals surface area (Å²) in [6.45, 7) is 6.01. The largest absolute Gasteiger partial charge is 0.497 e. The normalized spacial score (nSPS) is 26.3. The zero-order chi connectivity index (χ0) is 15.4. The first-order valence-corrected chi connectivity index (χ1v) is 7.88. The zero-order valence-electron chi connectivity index (χ0n) is 13.3. The van der Waals surface area contributed by atoms with Crippen molar-refractivity contribution >= 4 is 0 Å². The number of rotatable bonds is 5. The number of hydrogen-bond donors (Lipinski definition) is 2. The number of hydrogen-bond acceptors (Lipinski definition) is 4. The highest BCUT2D eigenvalue weighted by molar-refractivity contribution is 5.31. The lowest BCUT2D eigenvalue weighted by Crippen LogP contribution is -2.48. The van der Waals surface area contributed by atoms with Gasteiger partial charge in [-0.1, -0.05) is 26.0 Å². The molecule has 0 spiro atoms. The molecule has 0 radical (unpaired) electrons. The molecule has 1 aromatic carbocycles. The summed E-state index contributed by atoms with van der Waals surface area (Å²) < 4.78 is 5.34. The molecular weight excluding hydrogens is 264 g/mol. The van der Waals surface area contributed by atoms with Gasteiger partial charge in [0.05, 0.1) is 19.3 Å².